The first kappa shape index (κ1) is 17.3. The fourth-order valence-corrected chi connectivity index (χ4v) is 3.44. The van der Waals surface area contributed by atoms with Crippen LogP contribution in [0.5, 0.6) is 0 Å². The number of furan rings is 1. The number of nitrogens with zero attached hydrogens (tertiary/aromatic N) is 1. The van der Waals surface area contributed by atoms with Gasteiger partial charge >= 0.3 is 0 Å². The third kappa shape index (κ3) is 4.50. The lowest BCUT2D eigenvalue weighted by molar-refractivity contribution is -0.116. The Morgan fingerprint density at radius 1 is 1.38 bits per heavy atom. The van der Waals surface area contributed by atoms with Crippen molar-refractivity contribution in [3.8, 4) is 0 Å². The molecule has 24 heavy (non-hydrogen) atoms. The van der Waals surface area contributed by atoms with E-state index in [1.165, 1.54) is 19.3 Å². The van der Waals surface area contributed by atoms with Gasteiger partial charge in [-0.1, -0.05) is 13.8 Å². The van der Waals surface area contributed by atoms with Crippen LogP contribution in [0.3, 0.4) is 0 Å². The van der Waals surface area contributed by atoms with Crippen LogP contribution in [0, 0.1) is 11.8 Å². The molecular formula is C20H30N2O2. The number of nitrogens with one attached hydrogen (secondary N) is 1. The van der Waals surface area contributed by atoms with Gasteiger partial charge in [-0.15, -0.1) is 0 Å². The van der Waals surface area contributed by atoms with Gasteiger partial charge in [0.25, 0.3) is 0 Å². The van der Waals surface area contributed by atoms with E-state index in [-0.39, 0.29) is 5.91 Å². The van der Waals surface area contributed by atoms with E-state index in [0.717, 1.165) is 36.4 Å². The van der Waals surface area contributed by atoms with Gasteiger partial charge < -0.3 is 9.73 Å². The standard InChI is InChI=1S/C20H30N2O2/c1-14-8-10-22(11-9-14)16(3)13-21-20(23)7-5-17-4-6-19(24-17)18-12-15(18)2/h4-7,14-16,18H,8-13H2,1-3H3,(H,21,23)/b7-5+. The van der Waals surface area contributed by atoms with Crippen LogP contribution in [0.25, 0.3) is 6.08 Å². The molecule has 3 atom stereocenters. The van der Waals surface area contributed by atoms with Gasteiger partial charge in [0.05, 0.1) is 0 Å². The zero-order valence-electron chi connectivity index (χ0n) is 15.1. The average molecular weight is 330 g/mol. The van der Waals surface area contributed by atoms with Gasteiger partial charge in [0.15, 0.2) is 0 Å². The van der Waals surface area contributed by atoms with Crippen LogP contribution in [0.1, 0.15) is 57.5 Å². The first-order valence-electron chi connectivity index (χ1n) is 9.32. The Morgan fingerprint density at radius 3 is 2.75 bits per heavy atom. The zero-order chi connectivity index (χ0) is 17.1. The highest BCUT2D eigenvalue weighted by Gasteiger charge is 2.36. The summed E-state index contributed by atoms with van der Waals surface area (Å²) in [5, 5.41) is 3.00. The van der Waals surface area contributed by atoms with Crippen LogP contribution in [-0.2, 0) is 4.79 Å². The number of rotatable bonds is 6. The van der Waals surface area contributed by atoms with Gasteiger partial charge in [0, 0.05) is 24.6 Å². The van der Waals surface area contributed by atoms with Crippen LogP contribution in [0.4, 0.5) is 0 Å². The monoisotopic (exact) mass is 330 g/mol. The molecule has 4 heteroatoms. The second-order valence-electron chi connectivity index (χ2n) is 7.71. The van der Waals surface area contributed by atoms with Crippen molar-refractivity contribution < 1.29 is 9.21 Å². The lowest BCUT2D eigenvalue weighted by atomic mass is 9.98. The van der Waals surface area contributed by atoms with Crippen molar-refractivity contribution in [2.75, 3.05) is 19.6 Å². The fourth-order valence-electron chi connectivity index (χ4n) is 3.44. The molecular weight excluding hydrogens is 300 g/mol. The Kier molecular flexibility index (Phi) is 5.44. The van der Waals surface area contributed by atoms with Crippen molar-refractivity contribution in [1.82, 2.24) is 10.2 Å². The van der Waals surface area contributed by atoms with Crippen molar-refractivity contribution >= 4 is 12.0 Å². The predicted octanol–water partition coefficient (Wildman–Crippen LogP) is 3.65. The Balaban J connectivity index is 1.41. The van der Waals surface area contributed by atoms with Crippen molar-refractivity contribution in [1.29, 1.82) is 0 Å². The van der Waals surface area contributed by atoms with Crippen molar-refractivity contribution in [3.63, 3.8) is 0 Å². The molecule has 1 saturated carbocycles. The van der Waals surface area contributed by atoms with Crippen molar-refractivity contribution in [2.24, 2.45) is 11.8 Å². The quantitative estimate of drug-likeness (QED) is 0.810. The SMILES string of the molecule is CC1CCN(C(C)CNC(=O)/C=C/c2ccc(C3CC3C)o2)CC1. The van der Waals surface area contributed by atoms with E-state index in [1.54, 1.807) is 12.2 Å². The van der Waals surface area contributed by atoms with E-state index in [0.29, 0.717) is 18.5 Å². The van der Waals surface area contributed by atoms with Crippen molar-refractivity contribution in [3.05, 3.63) is 29.7 Å². The molecule has 0 spiro atoms. The van der Waals surface area contributed by atoms with Gasteiger partial charge in [-0.2, -0.15) is 0 Å². The molecule has 1 aliphatic heterocycles. The highest BCUT2D eigenvalue weighted by molar-refractivity contribution is 5.91. The van der Waals surface area contributed by atoms with E-state index < -0.39 is 0 Å². The molecule has 1 aromatic heterocycles. The summed E-state index contributed by atoms with van der Waals surface area (Å²) < 4.78 is 5.78. The smallest absolute Gasteiger partial charge is 0.244 e. The number of likely N-dealkylation sites (tertiary alicyclic amines) is 1. The maximum absolute atomic E-state index is 12.0. The number of hydrogen-bond acceptors (Lipinski definition) is 3. The minimum atomic E-state index is -0.0510. The molecule has 3 rings (SSSR count). The highest BCUT2D eigenvalue weighted by atomic mass is 16.3. The highest BCUT2D eigenvalue weighted by Crippen LogP contribution is 2.47. The number of hydrogen-bond donors (Lipinski definition) is 1. The molecule has 0 radical (unpaired) electrons. The maximum atomic E-state index is 12.0. The van der Waals surface area contributed by atoms with Gasteiger partial charge in [0.2, 0.25) is 5.91 Å². The second-order valence-corrected chi connectivity index (χ2v) is 7.71. The summed E-state index contributed by atoms with van der Waals surface area (Å²) in [6.07, 6.45) is 7.07. The average Bonchev–Trinajstić information content (AvgIpc) is 3.11. The largest absolute Gasteiger partial charge is 0.461 e. The molecule has 1 aliphatic carbocycles. The van der Waals surface area contributed by atoms with Gasteiger partial charge in [0.1, 0.15) is 11.5 Å². The Bertz CT molecular complexity index is 584. The zero-order valence-corrected chi connectivity index (χ0v) is 15.1. The number of carbonyl (C=O) groups excluding carboxylic acids is 1. The minimum Gasteiger partial charge on any atom is -0.461 e. The number of carbonyl (C=O) groups is 1. The Morgan fingerprint density at radius 2 is 2.08 bits per heavy atom. The summed E-state index contributed by atoms with van der Waals surface area (Å²) in [6.45, 7) is 9.72. The molecule has 2 fully saturated rings. The molecule has 1 N–H and O–H groups in total. The minimum absolute atomic E-state index is 0.0510. The number of amides is 1. The van der Waals surface area contributed by atoms with Crippen LogP contribution < -0.4 is 5.32 Å². The maximum Gasteiger partial charge on any atom is 0.244 e. The molecule has 0 aromatic carbocycles. The summed E-state index contributed by atoms with van der Waals surface area (Å²) >= 11 is 0. The van der Waals surface area contributed by atoms with Gasteiger partial charge in [-0.25, -0.2) is 0 Å². The molecule has 1 saturated heterocycles. The van der Waals surface area contributed by atoms with Crippen LogP contribution in [-0.4, -0.2) is 36.5 Å². The third-order valence-corrected chi connectivity index (χ3v) is 5.53. The summed E-state index contributed by atoms with van der Waals surface area (Å²) in [5.74, 6) is 3.91. The van der Waals surface area contributed by atoms with Crippen molar-refractivity contribution in [2.45, 2.75) is 52.0 Å². The third-order valence-electron chi connectivity index (χ3n) is 5.53. The molecule has 4 nitrogen and oxygen atoms in total. The van der Waals surface area contributed by atoms with E-state index in [1.807, 2.05) is 12.1 Å². The van der Waals surface area contributed by atoms with E-state index in [9.17, 15) is 4.79 Å². The summed E-state index contributed by atoms with van der Waals surface area (Å²) in [5.41, 5.74) is 0. The first-order valence-corrected chi connectivity index (χ1v) is 9.32. The fraction of sp³-hybridized carbons (Fsp3) is 0.650. The van der Waals surface area contributed by atoms with Crippen LogP contribution in [0.2, 0.25) is 0 Å². The van der Waals surface area contributed by atoms with Gasteiger partial charge in [-0.05, 0) is 69.3 Å². The molecule has 3 unspecified atom stereocenters. The normalized spacial score (nSPS) is 26.6. The summed E-state index contributed by atoms with van der Waals surface area (Å²) in [7, 11) is 0. The van der Waals surface area contributed by atoms with Gasteiger partial charge in [-0.3, -0.25) is 9.69 Å². The molecule has 1 amide bonds. The Hall–Kier alpha value is -1.55. The van der Waals surface area contributed by atoms with E-state index >= 15 is 0 Å². The summed E-state index contributed by atoms with van der Waals surface area (Å²) in [4.78, 5) is 14.5. The lowest BCUT2D eigenvalue weighted by Gasteiger charge is -2.34. The first-order chi connectivity index (χ1) is 11.5. The second kappa shape index (κ2) is 7.56. The topological polar surface area (TPSA) is 45.5 Å². The predicted molar refractivity (Wildman–Crippen MR) is 96.7 cm³/mol. The van der Waals surface area contributed by atoms with Crippen LogP contribution in [0.15, 0.2) is 22.6 Å². The van der Waals surface area contributed by atoms with Crippen LogP contribution >= 0.6 is 0 Å². The molecule has 132 valence electrons. The lowest BCUT2D eigenvalue weighted by Crippen LogP contribution is -2.45. The number of piperidine rings is 1. The molecule has 2 aliphatic rings. The summed E-state index contributed by atoms with van der Waals surface area (Å²) in [6, 6.07) is 4.37. The molecule has 2 heterocycles. The Labute approximate surface area is 145 Å². The van der Waals surface area contributed by atoms with E-state index in [2.05, 4.69) is 31.0 Å². The molecule has 0 bridgehead atoms. The molecule has 1 aromatic rings. The van der Waals surface area contributed by atoms with E-state index in [4.69, 9.17) is 4.42 Å².